The van der Waals surface area contributed by atoms with E-state index in [0.717, 1.165) is 41.1 Å². The lowest BCUT2D eigenvalue weighted by atomic mass is 10.1. The lowest BCUT2D eigenvalue weighted by Crippen LogP contribution is -2.35. The monoisotopic (exact) mass is 316 g/mol. The molecule has 2 heterocycles. The zero-order valence-electron chi connectivity index (χ0n) is 14.0. The van der Waals surface area contributed by atoms with Gasteiger partial charge in [0.25, 0.3) is 0 Å². The van der Waals surface area contributed by atoms with Crippen molar-refractivity contribution >= 4 is 11.6 Å². The highest BCUT2D eigenvalue weighted by Crippen LogP contribution is 2.27. The minimum atomic E-state index is 0.0281. The van der Waals surface area contributed by atoms with Crippen LogP contribution in [0.5, 0.6) is 0 Å². The number of amides is 1. The van der Waals surface area contributed by atoms with Gasteiger partial charge in [0, 0.05) is 36.5 Å². The summed E-state index contributed by atoms with van der Waals surface area (Å²) in [7, 11) is 0. The molecule has 0 spiro atoms. The zero-order chi connectivity index (χ0) is 16.6. The van der Waals surface area contributed by atoms with E-state index >= 15 is 0 Å². The quantitative estimate of drug-likeness (QED) is 0.878. The zero-order valence-corrected chi connectivity index (χ0v) is 14.0. The number of carbonyl (C=O) groups is 1. The van der Waals surface area contributed by atoms with Gasteiger partial charge < -0.3 is 10.0 Å². The number of rotatable bonds is 6. The minimum Gasteiger partial charge on any atom is -0.395 e. The van der Waals surface area contributed by atoms with Gasteiger partial charge in [-0.2, -0.15) is 5.10 Å². The molecule has 6 heteroatoms. The van der Waals surface area contributed by atoms with Crippen LogP contribution < -0.4 is 0 Å². The first-order valence-corrected chi connectivity index (χ1v) is 8.24. The Labute approximate surface area is 136 Å². The largest absolute Gasteiger partial charge is 0.395 e. The van der Waals surface area contributed by atoms with Gasteiger partial charge in [-0.25, -0.2) is 9.50 Å². The summed E-state index contributed by atoms with van der Waals surface area (Å²) in [5.41, 5.74) is 4.90. The fraction of sp³-hybridized carbons (Fsp3) is 0.588. The van der Waals surface area contributed by atoms with Crippen LogP contribution >= 0.6 is 0 Å². The number of aliphatic hydroxyl groups excluding tert-OH is 1. The van der Waals surface area contributed by atoms with Crippen molar-refractivity contribution in [1.29, 1.82) is 0 Å². The third-order valence-electron chi connectivity index (χ3n) is 4.52. The molecule has 3 rings (SSSR count). The molecule has 1 amide bonds. The molecule has 124 valence electrons. The van der Waals surface area contributed by atoms with Crippen LogP contribution in [0.3, 0.4) is 0 Å². The average molecular weight is 316 g/mol. The third kappa shape index (κ3) is 3.22. The van der Waals surface area contributed by atoms with E-state index in [4.69, 9.17) is 5.11 Å². The maximum Gasteiger partial charge on any atom is 0.223 e. The first kappa shape index (κ1) is 15.9. The summed E-state index contributed by atoms with van der Waals surface area (Å²) in [6, 6.07) is 2.30. The fourth-order valence-electron chi connectivity index (χ4n) is 3.18. The maximum absolute atomic E-state index is 12.5. The summed E-state index contributed by atoms with van der Waals surface area (Å²) in [5.74, 6) is 0.122. The highest BCUT2D eigenvalue weighted by Gasteiger charge is 2.31. The molecule has 1 aliphatic carbocycles. The van der Waals surface area contributed by atoms with Gasteiger partial charge >= 0.3 is 0 Å². The predicted octanol–water partition coefficient (Wildman–Crippen LogP) is 1.57. The second-order valence-electron chi connectivity index (χ2n) is 6.36. The van der Waals surface area contributed by atoms with E-state index in [2.05, 4.69) is 10.1 Å². The van der Waals surface area contributed by atoms with E-state index < -0.39 is 0 Å². The van der Waals surface area contributed by atoms with Crippen molar-refractivity contribution in [2.24, 2.45) is 0 Å². The normalized spacial score (nSPS) is 14.4. The van der Waals surface area contributed by atoms with E-state index in [1.165, 1.54) is 0 Å². The third-order valence-corrected chi connectivity index (χ3v) is 4.52. The van der Waals surface area contributed by atoms with Gasteiger partial charge in [-0.15, -0.1) is 0 Å². The lowest BCUT2D eigenvalue weighted by molar-refractivity contribution is -0.132. The molecular weight excluding hydrogens is 292 g/mol. The summed E-state index contributed by atoms with van der Waals surface area (Å²) < 4.78 is 1.86. The maximum atomic E-state index is 12.5. The summed E-state index contributed by atoms with van der Waals surface area (Å²) >= 11 is 0. The molecule has 6 nitrogen and oxygen atoms in total. The van der Waals surface area contributed by atoms with Crippen molar-refractivity contribution in [3.63, 3.8) is 0 Å². The topological polar surface area (TPSA) is 70.7 Å². The van der Waals surface area contributed by atoms with Crippen molar-refractivity contribution < 1.29 is 9.90 Å². The van der Waals surface area contributed by atoms with Crippen LogP contribution in [0.15, 0.2) is 6.07 Å². The Hall–Kier alpha value is -1.95. The van der Waals surface area contributed by atoms with Gasteiger partial charge in [-0.05, 0) is 45.6 Å². The molecule has 1 saturated carbocycles. The average Bonchev–Trinajstić information content (AvgIpc) is 3.26. The molecule has 0 aliphatic heterocycles. The number of hydrogen-bond acceptors (Lipinski definition) is 4. The van der Waals surface area contributed by atoms with Crippen molar-refractivity contribution in [3.8, 4) is 0 Å². The summed E-state index contributed by atoms with van der Waals surface area (Å²) in [6.07, 6.45) is 3.23. The molecule has 23 heavy (non-hydrogen) atoms. The predicted molar refractivity (Wildman–Crippen MR) is 87.3 cm³/mol. The standard InChI is InChI=1S/C17H24N4O2/c1-11-10-16-18-12(2)15(13(3)21(16)19-11)6-7-17(23)20(8-9-22)14-4-5-14/h10,14,22H,4-9H2,1-3H3. The van der Waals surface area contributed by atoms with Crippen molar-refractivity contribution in [2.45, 2.75) is 52.5 Å². The Balaban J connectivity index is 1.77. The number of aryl methyl sites for hydroxylation is 3. The highest BCUT2D eigenvalue weighted by atomic mass is 16.3. The number of aliphatic hydroxyl groups is 1. The van der Waals surface area contributed by atoms with Gasteiger partial charge in [0.2, 0.25) is 5.91 Å². The van der Waals surface area contributed by atoms with Gasteiger partial charge in [0.15, 0.2) is 5.65 Å². The smallest absolute Gasteiger partial charge is 0.223 e. The molecule has 1 fully saturated rings. The van der Waals surface area contributed by atoms with Crippen molar-refractivity contribution in [2.75, 3.05) is 13.2 Å². The Bertz CT molecular complexity index is 734. The number of hydrogen-bond donors (Lipinski definition) is 1. The van der Waals surface area contributed by atoms with E-state index in [1.807, 2.05) is 36.3 Å². The number of aromatic nitrogens is 3. The Morgan fingerprint density at radius 2 is 2.13 bits per heavy atom. The number of fused-ring (bicyclic) bond motifs is 1. The van der Waals surface area contributed by atoms with Crippen LogP contribution in [0.2, 0.25) is 0 Å². The lowest BCUT2D eigenvalue weighted by Gasteiger charge is -2.21. The van der Waals surface area contributed by atoms with Crippen LogP contribution in [-0.2, 0) is 11.2 Å². The van der Waals surface area contributed by atoms with Crippen molar-refractivity contribution in [3.05, 3.63) is 28.7 Å². The summed E-state index contributed by atoms with van der Waals surface area (Å²) in [6.45, 7) is 6.44. The Kier molecular flexibility index (Phi) is 4.35. The molecule has 0 radical (unpaired) electrons. The molecule has 0 unspecified atom stereocenters. The van der Waals surface area contributed by atoms with Gasteiger partial charge in [0.1, 0.15) is 0 Å². The number of nitrogens with zero attached hydrogens (tertiary/aromatic N) is 4. The summed E-state index contributed by atoms with van der Waals surface area (Å²) in [4.78, 5) is 18.9. The molecule has 2 aromatic rings. The van der Waals surface area contributed by atoms with Crippen LogP contribution in [-0.4, -0.2) is 49.7 Å². The van der Waals surface area contributed by atoms with Crippen molar-refractivity contribution in [1.82, 2.24) is 19.5 Å². The van der Waals surface area contributed by atoms with Gasteiger partial charge in [-0.1, -0.05) is 0 Å². The minimum absolute atomic E-state index is 0.0281. The molecule has 0 atom stereocenters. The molecule has 0 aromatic carbocycles. The van der Waals surface area contributed by atoms with E-state index in [0.29, 0.717) is 25.4 Å². The SMILES string of the molecule is Cc1cc2nc(C)c(CCC(=O)N(CCO)C3CC3)c(C)n2n1. The molecular formula is C17H24N4O2. The molecule has 1 aliphatic rings. The van der Waals surface area contributed by atoms with Gasteiger partial charge in [0.05, 0.1) is 12.3 Å². The molecule has 1 N–H and O–H groups in total. The fourth-order valence-corrected chi connectivity index (χ4v) is 3.18. The first-order chi connectivity index (χ1) is 11.0. The van der Waals surface area contributed by atoms with E-state index in [9.17, 15) is 4.79 Å². The van der Waals surface area contributed by atoms with E-state index in [1.54, 1.807) is 0 Å². The first-order valence-electron chi connectivity index (χ1n) is 8.24. The van der Waals surface area contributed by atoms with Crippen LogP contribution in [0, 0.1) is 20.8 Å². The van der Waals surface area contributed by atoms with Crippen LogP contribution in [0.1, 0.15) is 41.9 Å². The number of carbonyl (C=O) groups excluding carboxylic acids is 1. The molecule has 0 saturated heterocycles. The Morgan fingerprint density at radius 1 is 1.39 bits per heavy atom. The second kappa shape index (κ2) is 6.28. The highest BCUT2D eigenvalue weighted by molar-refractivity contribution is 5.77. The van der Waals surface area contributed by atoms with Crippen LogP contribution in [0.25, 0.3) is 5.65 Å². The van der Waals surface area contributed by atoms with Crippen LogP contribution in [0.4, 0.5) is 0 Å². The van der Waals surface area contributed by atoms with Gasteiger partial charge in [-0.3, -0.25) is 4.79 Å². The second-order valence-corrected chi connectivity index (χ2v) is 6.36. The van der Waals surface area contributed by atoms with E-state index in [-0.39, 0.29) is 12.5 Å². The molecule has 2 aromatic heterocycles. The summed E-state index contributed by atoms with van der Waals surface area (Å²) in [5, 5.41) is 13.6. The molecule has 0 bridgehead atoms. The Morgan fingerprint density at radius 3 is 2.78 bits per heavy atom.